The Labute approximate surface area is 158 Å². The molecule has 1 saturated heterocycles. The summed E-state index contributed by atoms with van der Waals surface area (Å²) in [6.45, 7) is 2.43. The predicted octanol–water partition coefficient (Wildman–Crippen LogP) is 2.71. The van der Waals surface area contributed by atoms with Crippen LogP contribution in [-0.4, -0.2) is 34.0 Å². The number of carbonyl (C=O) groups excluding carboxylic acids is 1. The number of fused-ring (bicyclic) bond motifs is 1. The lowest BCUT2D eigenvalue weighted by molar-refractivity contribution is 0.0946. The Morgan fingerprint density at radius 1 is 1.15 bits per heavy atom. The van der Waals surface area contributed by atoms with Gasteiger partial charge in [-0.3, -0.25) is 4.79 Å². The highest BCUT2D eigenvalue weighted by Crippen LogP contribution is 2.19. The second-order valence-corrected chi connectivity index (χ2v) is 6.39. The molecule has 3 aromatic rings. The molecule has 2 aromatic carbocycles. The molecule has 136 valence electrons. The standard InChI is InChI=1S/C19H21N5O.ClH/c25-19(18-13-24(23-22-18)16-8-10-20-11-9-16)21-12-15-6-3-5-14-4-1-2-7-17(14)15;/h1-7,13,16,20H,8-12H2,(H,21,25);1H. The molecule has 2 heterocycles. The van der Waals surface area contributed by atoms with Gasteiger partial charge < -0.3 is 10.6 Å². The average molecular weight is 372 g/mol. The highest BCUT2D eigenvalue weighted by atomic mass is 35.5. The summed E-state index contributed by atoms with van der Waals surface area (Å²) in [5, 5.41) is 16.8. The van der Waals surface area contributed by atoms with Crippen molar-refractivity contribution in [3.63, 3.8) is 0 Å². The molecule has 26 heavy (non-hydrogen) atoms. The quantitative estimate of drug-likeness (QED) is 0.739. The van der Waals surface area contributed by atoms with Gasteiger partial charge in [0.2, 0.25) is 0 Å². The Morgan fingerprint density at radius 3 is 2.77 bits per heavy atom. The molecule has 0 spiro atoms. The zero-order chi connectivity index (χ0) is 17.1. The molecule has 1 amide bonds. The second-order valence-electron chi connectivity index (χ2n) is 6.39. The van der Waals surface area contributed by atoms with Crippen molar-refractivity contribution in [2.45, 2.75) is 25.4 Å². The number of benzene rings is 2. The van der Waals surface area contributed by atoms with Gasteiger partial charge in [-0.1, -0.05) is 47.7 Å². The smallest absolute Gasteiger partial charge is 0.273 e. The molecule has 0 atom stereocenters. The van der Waals surface area contributed by atoms with Crippen molar-refractivity contribution < 1.29 is 4.79 Å². The van der Waals surface area contributed by atoms with Gasteiger partial charge in [-0.25, -0.2) is 4.68 Å². The predicted molar refractivity (Wildman–Crippen MR) is 104 cm³/mol. The fourth-order valence-electron chi connectivity index (χ4n) is 3.34. The van der Waals surface area contributed by atoms with E-state index in [0.717, 1.165) is 36.9 Å². The van der Waals surface area contributed by atoms with E-state index in [0.29, 0.717) is 18.3 Å². The molecule has 7 heteroatoms. The zero-order valence-corrected chi connectivity index (χ0v) is 15.2. The molecule has 0 radical (unpaired) electrons. The molecule has 1 aromatic heterocycles. The van der Waals surface area contributed by atoms with Crippen molar-refractivity contribution in [2.24, 2.45) is 0 Å². The maximum Gasteiger partial charge on any atom is 0.273 e. The largest absolute Gasteiger partial charge is 0.346 e. The molecule has 1 fully saturated rings. The van der Waals surface area contributed by atoms with E-state index in [1.807, 2.05) is 28.9 Å². The molecule has 4 rings (SSSR count). The van der Waals surface area contributed by atoms with Crippen molar-refractivity contribution in [1.82, 2.24) is 25.6 Å². The lowest BCUT2D eigenvalue weighted by Gasteiger charge is -2.22. The van der Waals surface area contributed by atoms with Crippen LogP contribution in [0.2, 0.25) is 0 Å². The third-order valence-electron chi connectivity index (χ3n) is 4.75. The van der Waals surface area contributed by atoms with Gasteiger partial charge >= 0.3 is 0 Å². The number of nitrogens with one attached hydrogen (secondary N) is 2. The van der Waals surface area contributed by atoms with Gasteiger partial charge in [0.1, 0.15) is 0 Å². The monoisotopic (exact) mass is 371 g/mol. The minimum atomic E-state index is -0.187. The molecule has 0 aliphatic carbocycles. The summed E-state index contributed by atoms with van der Waals surface area (Å²) in [5.74, 6) is -0.187. The Kier molecular flexibility index (Phi) is 5.85. The van der Waals surface area contributed by atoms with E-state index in [2.05, 4.69) is 39.1 Å². The fourth-order valence-corrected chi connectivity index (χ4v) is 3.34. The van der Waals surface area contributed by atoms with E-state index >= 15 is 0 Å². The van der Waals surface area contributed by atoms with E-state index in [4.69, 9.17) is 0 Å². The molecule has 2 N–H and O–H groups in total. The third kappa shape index (κ3) is 3.86. The fraction of sp³-hybridized carbons (Fsp3) is 0.316. The van der Waals surface area contributed by atoms with E-state index < -0.39 is 0 Å². The van der Waals surface area contributed by atoms with Crippen molar-refractivity contribution in [1.29, 1.82) is 0 Å². The minimum absolute atomic E-state index is 0. The lowest BCUT2D eigenvalue weighted by atomic mass is 10.0. The van der Waals surface area contributed by atoms with E-state index in [1.54, 1.807) is 6.20 Å². The number of hydrogen-bond acceptors (Lipinski definition) is 4. The summed E-state index contributed by atoms with van der Waals surface area (Å²) >= 11 is 0. The van der Waals surface area contributed by atoms with Crippen LogP contribution in [0.15, 0.2) is 48.7 Å². The summed E-state index contributed by atoms with van der Waals surface area (Å²) in [5.41, 5.74) is 1.47. The van der Waals surface area contributed by atoms with Crippen molar-refractivity contribution >= 4 is 29.1 Å². The Balaban J connectivity index is 0.00000196. The van der Waals surface area contributed by atoms with Crippen molar-refractivity contribution in [2.75, 3.05) is 13.1 Å². The maximum atomic E-state index is 12.4. The van der Waals surface area contributed by atoms with Crippen LogP contribution >= 0.6 is 12.4 Å². The number of amides is 1. The van der Waals surface area contributed by atoms with Gasteiger partial charge in [-0.05, 0) is 42.3 Å². The number of nitrogens with zero attached hydrogens (tertiary/aromatic N) is 3. The number of carbonyl (C=O) groups is 1. The highest BCUT2D eigenvalue weighted by molar-refractivity contribution is 5.92. The Hall–Kier alpha value is -2.44. The van der Waals surface area contributed by atoms with Crippen LogP contribution in [0, 0.1) is 0 Å². The highest BCUT2D eigenvalue weighted by Gasteiger charge is 2.18. The number of halogens is 1. The molecule has 0 bridgehead atoms. The van der Waals surface area contributed by atoms with Gasteiger partial charge in [0.25, 0.3) is 5.91 Å². The van der Waals surface area contributed by atoms with Crippen LogP contribution in [0.3, 0.4) is 0 Å². The first kappa shape index (κ1) is 18.4. The summed E-state index contributed by atoms with van der Waals surface area (Å²) in [6, 6.07) is 14.6. The molecule has 6 nitrogen and oxygen atoms in total. The van der Waals surface area contributed by atoms with Crippen molar-refractivity contribution in [3.8, 4) is 0 Å². The van der Waals surface area contributed by atoms with Crippen LogP contribution < -0.4 is 10.6 Å². The number of aromatic nitrogens is 3. The first-order valence-corrected chi connectivity index (χ1v) is 8.68. The van der Waals surface area contributed by atoms with Gasteiger partial charge in [0.05, 0.1) is 12.2 Å². The number of rotatable bonds is 4. The molecule has 0 saturated carbocycles. The first-order valence-electron chi connectivity index (χ1n) is 8.68. The minimum Gasteiger partial charge on any atom is -0.346 e. The summed E-state index contributed by atoms with van der Waals surface area (Å²) in [6.07, 6.45) is 3.79. The average Bonchev–Trinajstić information content (AvgIpc) is 3.17. The lowest BCUT2D eigenvalue weighted by Crippen LogP contribution is -2.29. The number of piperidine rings is 1. The van der Waals surface area contributed by atoms with Crippen LogP contribution in [0.1, 0.15) is 34.9 Å². The van der Waals surface area contributed by atoms with E-state index in [1.165, 1.54) is 5.39 Å². The Morgan fingerprint density at radius 2 is 1.92 bits per heavy atom. The number of hydrogen-bond donors (Lipinski definition) is 2. The summed E-state index contributed by atoms with van der Waals surface area (Å²) < 4.78 is 1.83. The molecular formula is C19H22ClN5O. The van der Waals surface area contributed by atoms with Crippen LogP contribution in [0.25, 0.3) is 10.8 Å². The second kappa shape index (κ2) is 8.29. The molecular weight excluding hydrogens is 350 g/mol. The molecule has 0 unspecified atom stereocenters. The van der Waals surface area contributed by atoms with E-state index in [9.17, 15) is 4.79 Å². The van der Waals surface area contributed by atoms with E-state index in [-0.39, 0.29) is 18.3 Å². The Bertz CT molecular complexity index is 883. The van der Waals surface area contributed by atoms with Crippen LogP contribution in [0.5, 0.6) is 0 Å². The molecule has 1 aliphatic heterocycles. The SMILES string of the molecule is Cl.O=C(NCc1cccc2ccccc12)c1cn(C2CCNCC2)nn1. The van der Waals surface area contributed by atoms with Gasteiger partial charge in [0.15, 0.2) is 5.69 Å². The third-order valence-corrected chi connectivity index (χ3v) is 4.75. The molecule has 1 aliphatic rings. The van der Waals surface area contributed by atoms with Crippen molar-refractivity contribution in [3.05, 3.63) is 59.9 Å². The maximum absolute atomic E-state index is 12.4. The zero-order valence-electron chi connectivity index (χ0n) is 14.4. The summed E-state index contributed by atoms with van der Waals surface area (Å²) in [7, 11) is 0. The first-order chi connectivity index (χ1) is 12.3. The topological polar surface area (TPSA) is 71.8 Å². The summed E-state index contributed by atoms with van der Waals surface area (Å²) in [4.78, 5) is 12.4. The van der Waals surface area contributed by atoms with Crippen LogP contribution in [-0.2, 0) is 6.54 Å². The van der Waals surface area contributed by atoms with Gasteiger partial charge in [0, 0.05) is 6.54 Å². The normalized spacial score (nSPS) is 14.8. The van der Waals surface area contributed by atoms with Gasteiger partial charge in [-0.2, -0.15) is 0 Å². The van der Waals surface area contributed by atoms with Gasteiger partial charge in [-0.15, -0.1) is 17.5 Å². The van der Waals surface area contributed by atoms with Crippen LogP contribution in [0.4, 0.5) is 0 Å².